The zero-order chi connectivity index (χ0) is 24.5. The van der Waals surface area contributed by atoms with Crippen molar-refractivity contribution in [2.24, 2.45) is 5.92 Å². The van der Waals surface area contributed by atoms with E-state index in [0.29, 0.717) is 24.3 Å². The van der Waals surface area contributed by atoms with E-state index in [-0.39, 0.29) is 11.8 Å². The monoisotopic (exact) mass is 471 g/mol. The van der Waals surface area contributed by atoms with Gasteiger partial charge in [-0.05, 0) is 62.9 Å². The summed E-state index contributed by atoms with van der Waals surface area (Å²) in [6.45, 7) is 1.98. The third-order valence-corrected chi connectivity index (χ3v) is 7.13. The fraction of sp³-hybridized carbons (Fsp3) is 0.333. The van der Waals surface area contributed by atoms with E-state index in [9.17, 15) is 9.90 Å². The Hall–Kier alpha value is -3.94. The maximum Gasteiger partial charge on any atom is 0.306 e. The molecule has 1 saturated carbocycles. The van der Waals surface area contributed by atoms with Crippen molar-refractivity contribution in [3.63, 3.8) is 0 Å². The SMILES string of the molecule is COc1ccc(-c2ccc(-c3cnn4c(N)c(C)c(C5CCCC(C(=O)O)CC5)nc34)cn2)cc1. The first kappa shape index (κ1) is 22.8. The Morgan fingerprint density at radius 3 is 2.51 bits per heavy atom. The number of ether oxygens (including phenoxy) is 1. The maximum absolute atomic E-state index is 11.5. The molecule has 0 amide bonds. The molecule has 3 aromatic heterocycles. The molecule has 2 atom stereocenters. The second-order valence-electron chi connectivity index (χ2n) is 9.20. The first-order chi connectivity index (χ1) is 17.0. The van der Waals surface area contributed by atoms with Crippen molar-refractivity contribution in [1.82, 2.24) is 19.6 Å². The second-order valence-corrected chi connectivity index (χ2v) is 9.20. The van der Waals surface area contributed by atoms with E-state index in [4.69, 9.17) is 15.5 Å². The summed E-state index contributed by atoms with van der Waals surface area (Å²) in [5, 5.41) is 14.0. The zero-order valence-electron chi connectivity index (χ0n) is 19.9. The Morgan fingerprint density at radius 1 is 1.06 bits per heavy atom. The number of nitrogens with zero attached hydrogens (tertiary/aromatic N) is 4. The van der Waals surface area contributed by atoms with Gasteiger partial charge in [0, 0.05) is 34.4 Å². The number of carboxylic acids is 1. The number of fused-ring (bicyclic) bond motifs is 1. The summed E-state index contributed by atoms with van der Waals surface area (Å²) in [6, 6.07) is 11.8. The standard InChI is InChI=1S/C27H29N5O3/c1-16-24(18-4-3-5-19(7-6-18)27(33)34)31-26-22(15-30-32(26)25(16)28)20-10-13-23(29-14-20)17-8-11-21(35-2)12-9-17/h8-15,18-19H,3-7,28H2,1-2H3,(H,33,34). The number of carboxylic acid groups (broad SMARTS) is 1. The third-order valence-electron chi connectivity index (χ3n) is 7.13. The van der Waals surface area contributed by atoms with Crippen molar-refractivity contribution in [3.8, 4) is 28.1 Å². The van der Waals surface area contributed by atoms with Crippen LogP contribution in [0.4, 0.5) is 5.82 Å². The Balaban J connectivity index is 1.48. The number of rotatable bonds is 5. The molecule has 8 heteroatoms. The van der Waals surface area contributed by atoms with Crippen molar-refractivity contribution in [1.29, 1.82) is 0 Å². The molecule has 0 saturated heterocycles. The highest BCUT2D eigenvalue weighted by atomic mass is 16.5. The minimum Gasteiger partial charge on any atom is -0.497 e. The van der Waals surface area contributed by atoms with Gasteiger partial charge in [0.2, 0.25) is 0 Å². The lowest BCUT2D eigenvalue weighted by atomic mass is 9.92. The van der Waals surface area contributed by atoms with Crippen LogP contribution in [-0.4, -0.2) is 37.8 Å². The minimum absolute atomic E-state index is 0.185. The quantitative estimate of drug-likeness (QED) is 0.389. The molecule has 2 unspecified atom stereocenters. The van der Waals surface area contributed by atoms with Gasteiger partial charge in [0.1, 0.15) is 11.6 Å². The van der Waals surface area contributed by atoms with Gasteiger partial charge in [-0.3, -0.25) is 9.78 Å². The highest BCUT2D eigenvalue weighted by Gasteiger charge is 2.27. The topological polar surface area (TPSA) is 116 Å². The summed E-state index contributed by atoms with van der Waals surface area (Å²) in [5.41, 5.74) is 12.7. The van der Waals surface area contributed by atoms with E-state index in [1.807, 2.05) is 49.5 Å². The van der Waals surface area contributed by atoms with Gasteiger partial charge in [-0.1, -0.05) is 12.5 Å². The first-order valence-electron chi connectivity index (χ1n) is 11.9. The molecular formula is C27H29N5O3. The molecule has 1 fully saturated rings. The van der Waals surface area contributed by atoms with Crippen LogP contribution in [0.3, 0.4) is 0 Å². The van der Waals surface area contributed by atoms with Gasteiger partial charge < -0.3 is 15.6 Å². The number of carbonyl (C=O) groups is 1. The zero-order valence-corrected chi connectivity index (χ0v) is 19.9. The Kier molecular flexibility index (Phi) is 6.11. The van der Waals surface area contributed by atoms with Gasteiger partial charge in [-0.15, -0.1) is 0 Å². The number of methoxy groups -OCH3 is 1. The van der Waals surface area contributed by atoms with Gasteiger partial charge >= 0.3 is 5.97 Å². The lowest BCUT2D eigenvalue weighted by molar-refractivity contribution is -0.142. The fourth-order valence-electron chi connectivity index (χ4n) is 5.02. The number of hydrogen-bond acceptors (Lipinski definition) is 6. The first-order valence-corrected chi connectivity index (χ1v) is 11.9. The molecule has 5 rings (SSSR count). The van der Waals surface area contributed by atoms with E-state index in [2.05, 4.69) is 10.1 Å². The third kappa shape index (κ3) is 4.32. The Morgan fingerprint density at radius 2 is 1.83 bits per heavy atom. The van der Waals surface area contributed by atoms with Crippen molar-refractivity contribution < 1.29 is 14.6 Å². The predicted molar refractivity (Wildman–Crippen MR) is 134 cm³/mol. The molecule has 1 aromatic carbocycles. The van der Waals surface area contributed by atoms with Crippen molar-refractivity contribution in [2.45, 2.75) is 44.9 Å². The normalized spacial score (nSPS) is 18.3. The van der Waals surface area contributed by atoms with Crippen molar-refractivity contribution in [2.75, 3.05) is 12.8 Å². The maximum atomic E-state index is 11.5. The van der Waals surface area contributed by atoms with Crippen LogP contribution in [-0.2, 0) is 4.79 Å². The molecule has 0 aliphatic heterocycles. The molecule has 1 aliphatic carbocycles. The van der Waals surface area contributed by atoms with E-state index in [1.54, 1.807) is 17.8 Å². The summed E-state index contributed by atoms with van der Waals surface area (Å²) < 4.78 is 6.92. The molecule has 3 heterocycles. The number of benzene rings is 1. The summed E-state index contributed by atoms with van der Waals surface area (Å²) >= 11 is 0. The molecule has 8 nitrogen and oxygen atoms in total. The van der Waals surface area contributed by atoms with Gasteiger partial charge in [-0.25, -0.2) is 4.98 Å². The largest absolute Gasteiger partial charge is 0.497 e. The van der Waals surface area contributed by atoms with Crippen LogP contribution < -0.4 is 10.5 Å². The fourth-order valence-corrected chi connectivity index (χ4v) is 5.02. The molecular weight excluding hydrogens is 442 g/mol. The minimum atomic E-state index is -0.700. The van der Waals surface area contributed by atoms with Crippen LogP contribution in [0.25, 0.3) is 28.0 Å². The van der Waals surface area contributed by atoms with Crippen molar-refractivity contribution in [3.05, 3.63) is 60.0 Å². The second kappa shape index (κ2) is 9.37. The van der Waals surface area contributed by atoms with E-state index in [1.165, 1.54) is 0 Å². The Bertz CT molecular complexity index is 1360. The number of aromatic nitrogens is 4. The number of nitrogens with two attached hydrogens (primary N) is 1. The van der Waals surface area contributed by atoms with Crippen molar-refractivity contribution >= 4 is 17.4 Å². The molecule has 1 aliphatic rings. The lowest BCUT2D eigenvalue weighted by Gasteiger charge is -2.18. The van der Waals surface area contributed by atoms with Gasteiger partial charge in [0.05, 0.1) is 30.6 Å². The highest BCUT2D eigenvalue weighted by molar-refractivity contribution is 5.79. The molecule has 0 spiro atoms. The van der Waals surface area contributed by atoms with Gasteiger partial charge in [0.15, 0.2) is 5.65 Å². The number of pyridine rings is 1. The highest BCUT2D eigenvalue weighted by Crippen LogP contribution is 2.37. The van der Waals surface area contributed by atoms with Crippen LogP contribution in [0, 0.1) is 12.8 Å². The number of nitrogen functional groups attached to an aromatic ring is 1. The van der Waals surface area contributed by atoms with E-state index >= 15 is 0 Å². The van der Waals surface area contributed by atoms with Crippen LogP contribution in [0.15, 0.2) is 48.8 Å². The molecule has 3 N–H and O–H groups in total. The van der Waals surface area contributed by atoms with E-state index in [0.717, 1.165) is 58.7 Å². The smallest absolute Gasteiger partial charge is 0.306 e. The molecule has 0 bridgehead atoms. The van der Waals surface area contributed by atoms with Crippen LogP contribution in [0.5, 0.6) is 5.75 Å². The van der Waals surface area contributed by atoms with Gasteiger partial charge in [-0.2, -0.15) is 9.61 Å². The summed E-state index contributed by atoms with van der Waals surface area (Å²) in [6.07, 6.45) is 7.56. The summed E-state index contributed by atoms with van der Waals surface area (Å²) in [5.74, 6) is 0.581. The van der Waals surface area contributed by atoms with Gasteiger partial charge in [0.25, 0.3) is 0 Å². The van der Waals surface area contributed by atoms with Crippen LogP contribution in [0.2, 0.25) is 0 Å². The van der Waals surface area contributed by atoms with Crippen LogP contribution in [0.1, 0.15) is 49.3 Å². The number of anilines is 1. The number of hydrogen-bond donors (Lipinski definition) is 2. The molecule has 0 radical (unpaired) electrons. The Labute approximate surface area is 203 Å². The molecule has 4 aromatic rings. The number of aliphatic carboxylic acids is 1. The molecule has 35 heavy (non-hydrogen) atoms. The predicted octanol–water partition coefficient (Wildman–Crippen LogP) is 5.11. The van der Waals surface area contributed by atoms with Crippen LogP contribution >= 0.6 is 0 Å². The average Bonchev–Trinajstić information content (AvgIpc) is 3.15. The summed E-state index contributed by atoms with van der Waals surface area (Å²) in [4.78, 5) is 21.2. The molecule has 180 valence electrons. The lowest BCUT2D eigenvalue weighted by Crippen LogP contribution is -2.13. The summed E-state index contributed by atoms with van der Waals surface area (Å²) in [7, 11) is 1.65. The average molecular weight is 472 g/mol. The van der Waals surface area contributed by atoms with E-state index < -0.39 is 5.97 Å².